The van der Waals surface area contributed by atoms with Gasteiger partial charge in [0.05, 0.1) is 19.3 Å². The van der Waals surface area contributed by atoms with Gasteiger partial charge in [0.1, 0.15) is 5.75 Å². The number of ether oxygens (including phenoxy) is 1. The van der Waals surface area contributed by atoms with Crippen molar-refractivity contribution in [2.24, 2.45) is 5.92 Å². The number of piperidine rings is 1. The zero-order valence-corrected chi connectivity index (χ0v) is 21.0. The summed E-state index contributed by atoms with van der Waals surface area (Å²) in [4.78, 5) is 42.2. The molecular weight excluding hydrogens is 456 g/mol. The van der Waals surface area contributed by atoms with Crippen molar-refractivity contribution in [3.8, 4) is 5.75 Å². The monoisotopic (exact) mass is 492 g/mol. The van der Waals surface area contributed by atoms with E-state index in [4.69, 9.17) is 4.74 Å². The van der Waals surface area contributed by atoms with Crippen molar-refractivity contribution in [2.75, 3.05) is 50.5 Å². The van der Waals surface area contributed by atoms with Crippen LogP contribution in [-0.4, -0.2) is 67.4 Å². The lowest BCUT2D eigenvalue weighted by molar-refractivity contribution is -0.137. The summed E-state index contributed by atoms with van der Waals surface area (Å²) in [5.41, 5.74) is 1.72. The molecule has 36 heavy (non-hydrogen) atoms. The maximum Gasteiger partial charge on any atom is 0.255 e. The Kier molecular flexibility index (Phi) is 8.95. The fourth-order valence-electron chi connectivity index (χ4n) is 4.94. The van der Waals surface area contributed by atoms with Gasteiger partial charge < -0.3 is 20.3 Å². The summed E-state index contributed by atoms with van der Waals surface area (Å²) in [6.45, 7) is 3.57. The van der Waals surface area contributed by atoms with Gasteiger partial charge in [-0.1, -0.05) is 25.0 Å². The lowest BCUT2D eigenvalue weighted by Gasteiger charge is -2.33. The molecule has 0 spiro atoms. The number of methoxy groups -OCH3 is 1. The van der Waals surface area contributed by atoms with E-state index in [-0.39, 0.29) is 17.7 Å². The molecule has 2 aliphatic heterocycles. The van der Waals surface area contributed by atoms with Crippen LogP contribution in [0.2, 0.25) is 0 Å². The molecular formula is C28H36N4O4. The zero-order chi connectivity index (χ0) is 25.3. The molecule has 2 aliphatic rings. The molecule has 0 atom stereocenters. The van der Waals surface area contributed by atoms with Crippen LogP contribution >= 0.6 is 0 Å². The Morgan fingerprint density at radius 3 is 2.19 bits per heavy atom. The molecule has 0 unspecified atom stereocenters. The van der Waals surface area contributed by atoms with E-state index in [9.17, 15) is 14.4 Å². The SMILES string of the molecule is COc1ccccc1NC(=O)c1ccc(NC(=O)CN2CCC(C(=O)N3CCCCCC3)CC2)cc1. The molecule has 2 N–H and O–H groups in total. The van der Waals surface area contributed by atoms with Gasteiger partial charge in [-0.3, -0.25) is 19.3 Å². The molecule has 0 aromatic heterocycles. The highest BCUT2D eigenvalue weighted by Gasteiger charge is 2.29. The molecule has 8 nitrogen and oxygen atoms in total. The third-order valence-electron chi connectivity index (χ3n) is 7.01. The van der Waals surface area contributed by atoms with Crippen LogP contribution in [0, 0.1) is 5.92 Å². The first-order valence-electron chi connectivity index (χ1n) is 12.9. The Bertz CT molecular complexity index is 1040. The van der Waals surface area contributed by atoms with Crippen molar-refractivity contribution in [3.63, 3.8) is 0 Å². The number of benzene rings is 2. The van der Waals surface area contributed by atoms with Gasteiger partial charge in [0, 0.05) is 30.3 Å². The van der Waals surface area contributed by atoms with E-state index < -0.39 is 0 Å². The number of amides is 3. The van der Waals surface area contributed by atoms with Crippen molar-refractivity contribution in [1.82, 2.24) is 9.80 Å². The molecule has 192 valence electrons. The van der Waals surface area contributed by atoms with Gasteiger partial charge in [-0.05, 0) is 75.2 Å². The van der Waals surface area contributed by atoms with Crippen LogP contribution in [0.15, 0.2) is 48.5 Å². The van der Waals surface area contributed by atoms with Crippen LogP contribution in [0.5, 0.6) is 5.75 Å². The Balaban J connectivity index is 1.22. The highest BCUT2D eigenvalue weighted by molar-refractivity contribution is 6.05. The average Bonchev–Trinajstić information content (AvgIpc) is 3.19. The van der Waals surface area contributed by atoms with Gasteiger partial charge in [0.15, 0.2) is 0 Å². The molecule has 0 saturated carbocycles. The maximum absolute atomic E-state index is 12.9. The smallest absolute Gasteiger partial charge is 0.255 e. The number of carbonyl (C=O) groups excluding carboxylic acids is 3. The van der Waals surface area contributed by atoms with Gasteiger partial charge in [-0.25, -0.2) is 0 Å². The second kappa shape index (κ2) is 12.5. The highest BCUT2D eigenvalue weighted by Crippen LogP contribution is 2.24. The minimum atomic E-state index is -0.255. The van der Waals surface area contributed by atoms with Gasteiger partial charge >= 0.3 is 0 Å². The number of hydrogen-bond donors (Lipinski definition) is 2. The molecule has 0 bridgehead atoms. The number of para-hydroxylation sites is 2. The topological polar surface area (TPSA) is 91.0 Å². The number of rotatable bonds is 7. The van der Waals surface area contributed by atoms with Crippen LogP contribution in [0.4, 0.5) is 11.4 Å². The number of nitrogens with one attached hydrogen (secondary N) is 2. The summed E-state index contributed by atoms with van der Waals surface area (Å²) in [6, 6.07) is 14.0. The normalized spacial score (nSPS) is 17.2. The second-order valence-electron chi connectivity index (χ2n) is 9.57. The number of likely N-dealkylation sites (tertiary alicyclic amines) is 2. The van der Waals surface area contributed by atoms with Crippen LogP contribution in [0.3, 0.4) is 0 Å². The Hall–Kier alpha value is -3.39. The molecule has 2 fully saturated rings. The quantitative estimate of drug-likeness (QED) is 0.610. The van der Waals surface area contributed by atoms with Gasteiger partial charge in [-0.15, -0.1) is 0 Å². The number of nitrogens with zero attached hydrogens (tertiary/aromatic N) is 2. The highest BCUT2D eigenvalue weighted by atomic mass is 16.5. The number of carbonyl (C=O) groups is 3. The molecule has 0 aliphatic carbocycles. The van der Waals surface area contributed by atoms with Crippen LogP contribution < -0.4 is 15.4 Å². The molecule has 0 radical (unpaired) electrons. The Labute approximate surface area is 213 Å². The molecule has 2 heterocycles. The molecule has 2 aromatic rings. The molecule has 8 heteroatoms. The lowest BCUT2D eigenvalue weighted by atomic mass is 9.95. The fraction of sp³-hybridized carbons (Fsp3) is 0.464. The van der Waals surface area contributed by atoms with Gasteiger partial charge in [0.2, 0.25) is 11.8 Å². The third kappa shape index (κ3) is 6.85. The average molecular weight is 493 g/mol. The van der Waals surface area contributed by atoms with E-state index >= 15 is 0 Å². The minimum absolute atomic E-state index is 0.0805. The van der Waals surface area contributed by atoms with Crippen molar-refractivity contribution in [3.05, 3.63) is 54.1 Å². The maximum atomic E-state index is 12.9. The molecule has 2 aromatic carbocycles. The first-order valence-corrected chi connectivity index (χ1v) is 12.9. The predicted octanol–water partition coefficient (Wildman–Crippen LogP) is 4.00. The summed E-state index contributed by atoms with van der Waals surface area (Å²) in [7, 11) is 1.56. The minimum Gasteiger partial charge on any atom is -0.495 e. The predicted molar refractivity (Wildman–Crippen MR) is 140 cm³/mol. The number of hydrogen-bond acceptors (Lipinski definition) is 5. The Morgan fingerprint density at radius 1 is 0.861 bits per heavy atom. The number of anilines is 2. The van der Waals surface area contributed by atoms with Crippen LogP contribution in [0.1, 0.15) is 48.9 Å². The largest absolute Gasteiger partial charge is 0.495 e. The second-order valence-corrected chi connectivity index (χ2v) is 9.57. The summed E-state index contributed by atoms with van der Waals surface area (Å²) in [5.74, 6) is 0.617. The van der Waals surface area contributed by atoms with Crippen molar-refractivity contribution in [1.29, 1.82) is 0 Å². The van der Waals surface area contributed by atoms with E-state index in [2.05, 4.69) is 20.4 Å². The van der Waals surface area contributed by atoms with Crippen LogP contribution in [-0.2, 0) is 9.59 Å². The van der Waals surface area contributed by atoms with Gasteiger partial charge in [-0.2, -0.15) is 0 Å². The summed E-state index contributed by atoms with van der Waals surface area (Å²) in [6.07, 6.45) is 6.26. The van der Waals surface area contributed by atoms with E-state index in [1.54, 1.807) is 43.5 Å². The molecule has 4 rings (SSSR count). The lowest BCUT2D eigenvalue weighted by Crippen LogP contribution is -2.44. The van der Waals surface area contributed by atoms with E-state index in [1.165, 1.54) is 12.8 Å². The zero-order valence-electron chi connectivity index (χ0n) is 21.0. The Morgan fingerprint density at radius 2 is 1.53 bits per heavy atom. The van der Waals surface area contributed by atoms with Crippen molar-refractivity contribution < 1.29 is 19.1 Å². The molecule has 2 saturated heterocycles. The first-order chi connectivity index (χ1) is 17.5. The van der Waals surface area contributed by atoms with Crippen LogP contribution in [0.25, 0.3) is 0 Å². The van der Waals surface area contributed by atoms with E-state index in [0.29, 0.717) is 35.1 Å². The third-order valence-corrected chi connectivity index (χ3v) is 7.01. The summed E-state index contributed by atoms with van der Waals surface area (Å²) < 4.78 is 5.27. The van der Waals surface area contributed by atoms with E-state index in [1.807, 2.05) is 12.1 Å². The fourth-order valence-corrected chi connectivity index (χ4v) is 4.94. The molecule has 3 amide bonds. The van der Waals surface area contributed by atoms with E-state index in [0.717, 1.165) is 51.9 Å². The summed E-state index contributed by atoms with van der Waals surface area (Å²) in [5, 5.41) is 5.75. The van der Waals surface area contributed by atoms with Crippen molar-refractivity contribution >= 4 is 29.1 Å². The standard InChI is InChI=1S/C28H36N4O4/c1-36-25-9-5-4-8-24(25)30-27(34)21-10-12-23(13-11-21)29-26(33)20-31-18-14-22(15-19-31)28(35)32-16-6-2-3-7-17-32/h4-5,8-13,22H,2-3,6-7,14-20H2,1H3,(H,29,33)(H,30,34). The first kappa shape index (κ1) is 25.7. The van der Waals surface area contributed by atoms with Gasteiger partial charge in [0.25, 0.3) is 5.91 Å². The summed E-state index contributed by atoms with van der Waals surface area (Å²) >= 11 is 0. The van der Waals surface area contributed by atoms with Crippen molar-refractivity contribution in [2.45, 2.75) is 38.5 Å².